The maximum atomic E-state index is 10.5. The van der Waals surface area contributed by atoms with Gasteiger partial charge in [-0.3, -0.25) is 0 Å². The average molecular weight is 238 g/mol. The molecule has 0 atom stereocenters. The van der Waals surface area contributed by atoms with Crippen molar-refractivity contribution in [3.63, 3.8) is 0 Å². The van der Waals surface area contributed by atoms with Crippen LogP contribution in [-0.4, -0.2) is 58.5 Å². The third kappa shape index (κ3) is 8.35. The molecule has 0 rings (SSSR count). The molecule has 8 heteroatoms. The van der Waals surface area contributed by atoms with Crippen LogP contribution in [0.25, 0.3) is 0 Å². The van der Waals surface area contributed by atoms with Crippen LogP contribution in [0.3, 0.4) is 0 Å². The van der Waals surface area contributed by atoms with Gasteiger partial charge < -0.3 is 19.3 Å². The van der Waals surface area contributed by atoms with Crippen LogP contribution in [0.1, 0.15) is 20.8 Å². The molecule has 2 N–H and O–H groups in total. The molecular weight excluding hydrogens is 222 g/mol. The molecule has 0 unspecified atom stereocenters. The second-order valence-electron chi connectivity index (χ2n) is 2.31. The summed E-state index contributed by atoms with van der Waals surface area (Å²) in [4.78, 5) is 17.1. The molecule has 82 valence electrons. The first-order chi connectivity index (χ1) is 5.83. The van der Waals surface area contributed by atoms with E-state index in [4.69, 9.17) is 19.3 Å². The van der Waals surface area contributed by atoms with Crippen molar-refractivity contribution in [1.29, 1.82) is 0 Å². The molecule has 0 heterocycles. The molecule has 0 saturated carbocycles. The fraction of sp³-hybridized carbons (Fsp3) is 1.00. The van der Waals surface area contributed by atoms with Gasteiger partial charge in [-0.05, 0) is 13.8 Å². The summed E-state index contributed by atoms with van der Waals surface area (Å²) in [7, 11) is -4.60. The third-order valence-corrected chi connectivity index (χ3v) is 1.67. The van der Waals surface area contributed by atoms with Crippen LogP contribution >= 0.6 is 7.82 Å². The van der Waals surface area contributed by atoms with Crippen molar-refractivity contribution in [3.8, 4) is 0 Å². The van der Waals surface area contributed by atoms with Crippen molar-refractivity contribution in [3.05, 3.63) is 0 Å². The van der Waals surface area contributed by atoms with E-state index < -0.39 is 13.8 Å². The average Bonchev–Trinajstić information content (AvgIpc) is 1.82. The zero-order valence-corrected chi connectivity index (χ0v) is 8.78. The first kappa shape index (κ1) is 17.4. The molecule has 0 aliphatic carbocycles. The summed E-state index contributed by atoms with van der Waals surface area (Å²) in [5.41, 5.74) is 0. The molecule has 0 aromatic heterocycles. The van der Waals surface area contributed by atoms with Crippen LogP contribution in [0.15, 0.2) is 0 Å². The van der Waals surface area contributed by atoms with Crippen molar-refractivity contribution in [1.82, 2.24) is 0 Å². The Morgan fingerprint density at radius 2 is 1.57 bits per heavy atom. The Kier molecular flexibility index (Phi) is 9.12. The molecule has 0 aliphatic heterocycles. The third-order valence-electron chi connectivity index (χ3n) is 1.10. The quantitative estimate of drug-likeness (QED) is 0.390. The van der Waals surface area contributed by atoms with Crippen LogP contribution in [0, 0.1) is 0 Å². The minimum atomic E-state index is -4.60. The predicted molar refractivity (Wildman–Crippen MR) is 51.9 cm³/mol. The Labute approximate surface area is 105 Å². The first-order valence-corrected chi connectivity index (χ1v) is 5.40. The summed E-state index contributed by atoms with van der Waals surface area (Å²) >= 11 is 0. The van der Waals surface area contributed by atoms with E-state index in [0.717, 1.165) is 0 Å². The molecule has 0 saturated heterocycles. The maximum absolute atomic E-state index is 10.5. The van der Waals surface area contributed by atoms with E-state index in [1.54, 1.807) is 13.8 Å². The van der Waals surface area contributed by atoms with Gasteiger partial charge in [0.1, 0.15) is 0 Å². The summed E-state index contributed by atoms with van der Waals surface area (Å²) in [5, 5.41) is 0. The van der Waals surface area contributed by atoms with Crippen LogP contribution < -0.4 is 0 Å². The second kappa shape index (κ2) is 7.33. The van der Waals surface area contributed by atoms with E-state index in [9.17, 15) is 4.57 Å². The Balaban J connectivity index is 0. The van der Waals surface area contributed by atoms with E-state index >= 15 is 0 Å². The molecule has 0 amide bonds. The molecule has 0 radical (unpaired) electrons. The topological polar surface area (TPSA) is 85.2 Å². The Bertz CT molecular complexity index is 187. The SMILES string of the molecule is CCOC(C)(OCC)OP(=O)(O)O.[NaH]. The Hall–Kier alpha value is 1.03. The molecule has 0 aromatic rings. The van der Waals surface area contributed by atoms with Crippen molar-refractivity contribution < 1.29 is 28.3 Å². The molecule has 0 spiro atoms. The van der Waals surface area contributed by atoms with Crippen LogP contribution in [0.5, 0.6) is 0 Å². The zero-order chi connectivity index (χ0) is 10.5. The van der Waals surface area contributed by atoms with E-state index in [1.165, 1.54) is 6.92 Å². The van der Waals surface area contributed by atoms with Gasteiger partial charge in [-0.2, -0.15) is 0 Å². The van der Waals surface area contributed by atoms with Gasteiger partial charge in [0, 0.05) is 20.1 Å². The second-order valence-corrected chi connectivity index (χ2v) is 3.47. The number of phosphoric ester groups is 1. The number of phosphoric acid groups is 1. The summed E-state index contributed by atoms with van der Waals surface area (Å²) < 4.78 is 24.7. The normalized spacial score (nSPS) is 12.4. The molecule has 0 aliphatic rings. The van der Waals surface area contributed by atoms with Gasteiger partial charge in [-0.1, -0.05) is 0 Å². The summed E-state index contributed by atoms with van der Waals surface area (Å²) in [5.74, 6) is -1.68. The van der Waals surface area contributed by atoms with Gasteiger partial charge in [0.05, 0.1) is 0 Å². The first-order valence-electron chi connectivity index (χ1n) is 3.87. The Morgan fingerprint density at radius 1 is 1.21 bits per heavy atom. The molecule has 6 nitrogen and oxygen atoms in total. The van der Waals surface area contributed by atoms with Gasteiger partial charge in [0.15, 0.2) is 0 Å². The van der Waals surface area contributed by atoms with Crippen LogP contribution in [-0.2, 0) is 18.6 Å². The number of ether oxygens (including phenoxy) is 2. The summed E-state index contributed by atoms with van der Waals surface area (Å²) in [6.07, 6.45) is 0. The van der Waals surface area contributed by atoms with Crippen LogP contribution in [0.4, 0.5) is 0 Å². The standard InChI is InChI=1S/C6H15O6P.Na.H/c1-4-10-6(3,11-5-2)12-13(7,8)9;;/h4-5H2,1-3H3,(H2,7,8,9);;. The van der Waals surface area contributed by atoms with Gasteiger partial charge in [-0.15, -0.1) is 0 Å². The van der Waals surface area contributed by atoms with Gasteiger partial charge in [0.25, 0.3) is 5.97 Å². The molecule has 0 bridgehead atoms. The monoisotopic (exact) mass is 238 g/mol. The summed E-state index contributed by atoms with van der Waals surface area (Å²) in [6.45, 7) is 5.10. The van der Waals surface area contributed by atoms with Crippen molar-refractivity contribution in [2.24, 2.45) is 0 Å². The number of hydrogen-bond acceptors (Lipinski definition) is 4. The van der Waals surface area contributed by atoms with E-state index in [2.05, 4.69) is 4.52 Å². The van der Waals surface area contributed by atoms with E-state index in [-0.39, 0.29) is 42.8 Å². The molecule has 14 heavy (non-hydrogen) atoms. The predicted octanol–water partition coefficient (Wildman–Crippen LogP) is 0.194. The van der Waals surface area contributed by atoms with Gasteiger partial charge in [-0.25, -0.2) is 9.09 Å². The minimum absolute atomic E-state index is 0. The van der Waals surface area contributed by atoms with Crippen molar-refractivity contribution in [2.75, 3.05) is 13.2 Å². The van der Waals surface area contributed by atoms with E-state index in [0.29, 0.717) is 0 Å². The number of rotatable bonds is 6. The molecule has 0 aromatic carbocycles. The number of hydrogen-bond donors (Lipinski definition) is 2. The van der Waals surface area contributed by atoms with Crippen molar-refractivity contribution in [2.45, 2.75) is 26.7 Å². The summed E-state index contributed by atoms with van der Waals surface area (Å²) in [6, 6.07) is 0. The van der Waals surface area contributed by atoms with Gasteiger partial charge >= 0.3 is 37.4 Å². The molecular formula is C6H16NaO6P. The van der Waals surface area contributed by atoms with Gasteiger partial charge in [0.2, 0.25) is 0 Å². The van der Waals surface area contributed by atoms with E-state index in [1.807, 2.05) is 0 Å². The Morgan fingerprint density at radius 3 is 1.79 bits per heavy atom. The van der Waals surface area contributed by atoms with Crippen LogP contribution in [0.2, 0.25) is 0 Å². The molecule has 0 fully saturated rings. The zero-order valence-electron chi connectivity index (χ0n) is 7.89. The fourth-order valence-electron chi connectivity index (χ4n) is 0.835. The fourth-order valence-corrected chi connectivity index (χ4v) is 1.37. The van der Waals surface area contributed by atoms with Crippen molar-refractivity contribution >= 4 is 37.4 Å².